The number of thioether (sulfide) groups is 1. The second-order valence-electron chi connectivity index (χ2n) is 5.96. The summed E-state index contributed by atoms with van der Waals surface area (Å²) in [6, 6.07) is 4.40. The van der Waals surface area contributed by atoms with Crippen molar-refractivity contribution in [1.29, 1.82) is 0 Å². The zero-order valence-corrected chi connectivity index (χ0v) is 12.8. The maximum atomic E-state index is 6.11. The summed E-state index contributed by atoms with van der Waals surface area (Å²) < 4.78 is 6.11. The van der Waals surface area contributed by atoms with Gasteiger partial charge >= 0.3 is 0 Å². The van der Waals surface area contributed by atoms with Crippen LogP contribution in [0, 0.1) is 12.8 Å². The van der Waals surface area contributed by atoms with Crippen molar-refractivity contribution in [3.63, 3.8) is 0 Å². The van der Waals surface area contributed by atoms with E-state index in [9.17, 15) is 0 Å². The zero-order valence-electron chi connectivity index (χ0n) is 12.0. The van der Waals surface area contributed by atoms with Crippen molar-refractivity contribution >= 4 is 11.8 Å². The molecule has 3 N–H and O–H groups in total. The summed E-state index contributed by atoms with van der Waals surface area (Å²) in [5.41, 5.74) is 5.42. The van der Waals surface area contributed by atoms with Crippen LogP contribution in [0.1, 0.15) is 36.6 Å². The molecule has 4 nitrogen and oxygen atoms in total. The lowest BCUT2D eigenvalue weighted by atomic mass is 9.79. The van der Waals surface area contributed by atoms with Gasteiger partial charge in [0.15, 0.2) is 0 Å². The molecule has 2 aliphatic heterocycles. The van der Waals surface area contributed by atoms with Crippen LogP contribution in [0.25, 0.3) is 0 Å². The van der Waals surface area contributed by atoms with Crippen LogP contribution in [-0.4, -0.2) is 28.7 Å². The van der Waals surface area contributed by atoms with Gasteiger partial charge in [0.1, 0.15) is 0 Å². The van der Waals surface area contributed by atoms with Gasteiger partial charge in [-0.1, -0.05) is 0 Å². The minimum Gasteiger partial charge on any atom is -0.374 e. The normalized spacial score (nSPS) is 31.6. The Labute approximate surface area is 124 Å². The average molecular weight is 293 g/mol. The molecule has 3 unspecified atom stereocenters. The molecular weight excluding hydrogens is 270 g/mol. The predicted octanol–water partition coefficient (Wildman–Crippen LogP) is 2.20. The molecule has 1 spiro atoms. The molecule has 0 aromatic carbocycles. The number of nitrogens with one attached hydrogen (secondary N) is 1. The minimum absolute atomic E-state index is 0.102. The Bertz CT molecular complexity index is 462. The van der Waals surface area contributed by atoms with Crippen LogP contribution in [-0.2, 0) is 4.74 Å². The van der Waals surface area contributed by atoms with E-state index in [1.807, 2.05) is 24.9 Å². The number of nitrogens with zero attached hydrogens (tertiary/aromatic N) is 1. The van der Waals surface area contributed by atoms with E-state index in [0.717, 1.165) is 30.9 Å². The van der Waals surface area contributed by atoms with Gasteiger partial charge in [-0.05, 0) is 55.6 Å². The Balaban J connectivity index is 1.78. The van der Waals surface area contributed by atoms with Gasteiger partial charge in [0.05, 0.1) is 5.60 Å². The van der Waals surface area contributed by atoms with Gasteiger partial charge in [0, 0.05) is 30.3 Å². The van der Waals surface area contributed by atoms with Crippen LogP contribution in [0.4, 0.5) is 0 Å². The highest BCUT2D eigenvalue weighted by molar-refractivity contribution is 7.99. The molecule has 1 aromatic rings. The molecule has 0 bridgehead atoms. The molecule has 1 aromatic heterocycles. The molecule has 2 saturated heterocycles. The molecule has 3 rings (SSSR count). The maximum absolute atomic E-state index is 6.11. The molecular formula is C15H23N3OS. The van der Waals surface area contributed by atoms with Crippen molar-refractivity contribution in [2.75, 3.05) is 18.1 Å². The first-order valence-electron chi connectivity index (χ1n) is 7.33. The van der Waals surface area contributed by atoms with Gasteiger partial charge in [0.2, 0.25) is 0 Å². The largest absolute Gasteiger partial charge is 0.374 e. The Morgan fingerprint density at radius 3 is 3.20 bits per heavy atom. The quantitative estimate of drug-likeness (QED) is 0.661. The Kier molecular flexibility index (Phi) is 4.31. The van der Waals surface area contributed by atoms with Crippen LogP contribution < -0.4 is 11.3 Å². The third kappa shape index (κ3) is 2.86. The number of aryl methyl sites for hydroxylation is 1. The third-order valence-corrected chi connectivity index (χ3v) is 5.75. The number of nitrogens with two attached hydrogens (primary N) is 1. The fraction of sp³-hybridized carbons (Fsp3) is 0.667. The highest BCUT2D eigenvalue weighted by Crippen LogP contribution is 2.43. The monoisotopic (exact) mass is 293 g/mol. The number of hydrogen-bond acceptors (Lipinski definition) is 5. The number of rotatable bonds is 3. The number of hydrogen-bond donors (Lipinski definition) is 2. The van der Waals surface area contributed by atoms with Crippen molar-refractivity contribution in [2.24, 2.45) is 11.8 Å². The van der Waals surface area contributed by atoms with E-state index in [4.69, 9.17) is 10.6 Å². The highest BCUT2D eigenvalue weighted by Gasteiger charge is 2.42. The van der Waals surface area contributed by atoms with Crippen LogP contribution in [0.3, 0.4) is 0 Å². The molecule has 2 fully saturated rings. The summed E-state index contributed by atoms with van der Waals surface area (Å²) in [4.78, 5) is 4.28. The number of pyridine rings is 1. The first kappa shape index (κ1) is 14.3. The first-order chi connectivity index (χ1) is 9.72. The molecule has 0 radical (unpaired) electrons. The van der Waals surface area contributed by atoms with Crippen LogP contribution >= 0.6 is 11.8 Å². The van der Waals surface area contributed by atoms with Gasteiger partial charge in [-0.3, -0.25) is 16.3 Å². The second kappa shape index (κ2) is 6.02. The maximum Gasteiger partial charge on any atom is 0.0783 e. The van der Waals surface area contributed by atoms with Crippen molar-refractivity contribution in [1.82, 2.24) is 10.4 Å². The van der Waals surface area contributed by atoms with E-state index >= 15 is 0 Å². The number of hydrazine groups is 1. The fourth-order valence-electron chi connectivity index (χ4n) is 3.48. The fourth-order valence-corrected chi connectivity index (χ4v) is 4.86. The van der Waals surface area contributed by atoms with E-state index < -0.39 is 0 Å². The van der Waals surface area contributed by atoms with Gasteiger partial charge < -0.3 is 4.74 Å². The lowest BCUT2D eigenvalue weighted by Gasteiger charge is -2.40. The second-order valence-corrected chi connectivity index (χ2v) is 7.07. The van der Waals surface area contributed by atoms with E-state index in [1.165, 1.54) is 17.7 Å². The predicted molar refractivity (Wildman–Crippen MR) is 82.4 cm³/mol. The molecule has 0 amide bonds. The molecule has 20 heavy (non-hydrogen) atoms. The van der Waals surface area contributed by atoms with Gasteiger partial charge in [-0.25, -0.2) is 0 Å². The molecule has 3 heterocycles. The van der Waals surface area contributed by atoms with E-state index in [0.29, 0.717) is 5.92 Å². The lowest BCUT2D eigenvalue weighted by Crippen LogP contribution is -2.45. The highest BCUT2D eigenvalue weighted by atomic mass is 32.2. The van der Waals surface area contributed by atoms with Crippen molar-refractivity contribution in [3.05, 3.63) is 29.6 Å². The lowest BCUT2D eigenvalue weighted by molar-refractivity contribution is -0.0854. The van der Waals surface area contributed by atoms with Crippen molar-refractivity contribution in [2.45, 2.75) is 37.8 Å². The van der Waals surface area contributed by atoms with Gasteiger partial charge in [-0.2, -0.15) is 11.8 Å². The summed E-state index contributed by atoms with van der Waals surface area (Å²) in [5.74, 6) is 8.75. The molecule has 2 aliphatic rings. The summed E-state index contributed by atoms with van der Waals surface area (Å²) in [5, 5.41) is 0. The summed E-state index contributed by atoms with van der Waals surface area (Å²) in [6.07, 6.45) is 5.23. The topological polar surface area (TPSA) is 60.2 Å². The Hall–Kier alpha value is -0.620. The van der Waals surface area contributed by atoms with Gasteiger partial charge in [0.25, 0.3) is 0 Å². The summed E-state index contributed by atoms with van der Waals surface area (Å²) >= 11 is 2.01. The van der Waals surface area contributed by atoms with Crippen LogP contribution in [0.5, 0.6) is 0 Å². The summed E-state index contributed by atoms with van der Waals surface area (Å²) in [7, 11) is 0. The minimum atomic E-state index is 0.102. The smallest absolute Gasteiger partial charge is 0.0783 e. The van der Waals surface area contributed by atoms with Crippen molar-refractivity contribution < 1.29 is 4.74 Å². The molecule has 3 atom stereocenters. The van der Waals surface area contributed by atoms with E-state index in [2.05, 4.69) is 22.5 Å². The summed E-state index contributed by atoms with van der Waals surface area (Å²) in [6.45, 7) is 2.88. The van der Waals surface area contributed by atoms with E-state index in [1.54, 1.807) is 0 Å². The number of ether oxygens (including phenoxy) is 1. The molecule has 110 valence electrons. The van der Waals surface area contributed by atoms with Crippen LogP contribution in [0.15, 0.2) is 18.3 Å². The van der Waals surface area contributed by atoms with Gasteiger partial charge in [-0.15, -0.1) is 0 Å². The Morgan fingerprint density at radius 1 is 1.60 bits per heavy atom. The van der Waals surface area contributed by atoms with Crippen molar-refractivity contribution in [3.8, 4) is 0 Å². The standard InChI is InChI=1S/C15H23N3OS/c1-11-8-12(2-5-17-11)14(18-16)13-3-6-19-15(9-13)4-7-20-10-15/h2,5,8,13-14,18H,3-4,6-7,9-10,16H2,1H3. The third-order valence-electron chi connectivity index (χ3n) is 4.53. The molecule has 0 aliphatic carbocycles. The average Bonchev–Trinajstić information content (AvgIpc) is 2.88. The number of aromatic nitrogens is 1. The molecule has 5 heteroatoms. The van der Waals surface area contributed by atoms with Crippen LogP contribution in [0.2, 0.25) is 0 Å². The first-order valence-corrected chi connectivity index (χ1v) is 8.48. The zero-order chi connectivity index (χ0) is 14.0. The Morgan fingerprint density at radius 2 is 2.50 bits per heavy atom. The molecule has 0 saturated carbocycles. The SMILES string of the molecule is Cc1cc(C(NN)C2CCOC3(CCSC3)C2)ccn1. The van der Waals surface area contributed by atoms with E-state index in [-0.39, 0.29) is 11.6 Å².